The van der Waals surface area contributed by atoms with E-state index >= 15 is 0 Å². The van der Waals surface area contributed by atoms with E-state index in [4.69, 9.17) is 10.5 Å². The summed E-state index contributed by atoms with van der Waals surface area (Å²) in [6.07, 6.45) is 2.05. The third kappa shape index (κ3) is 3.47. The third-order valence-corrected chi connectivity index (χ3v) is 1.95. The molecule has 14 heavy (non-hydrogen) atoms. The van der Waals surface area contributed by atoms with Gasteiger partial charge in [-0.15, -0.1) is 0 Å². The summed E-state index contributed by atoms with van der Waals surface area (Å²) < 4.78 is 5.36. The largest absolute Gasteiger partial charge is 0.371 e. The van der Waals surface area contributed by atoms with Crippen molar-refractivity contribution in [2.45, 2.75) is 31.7 Å². The molecule has 0 bridgehead atoms. The van der Waals surface area contributed by atoms with Crippen LogP contribution in [0.15, 0.2) is 5.16 Å². The summed E-state index contributed by atoms with van der Waals surface area (Å²) in [4.78, 5) is 12.1. The highest BCUT2D eigenvalue weighted by molar-refractivity contribution is 7.98. The Hall–Kier alpha value is -0.880. The van der Waals surface area contributed by atoms with E-state index in [0.29, 0.717) is 17.6 Å². The minimum atomic E-state index is 0.158. The number of nitrogens with two attached hydrogens (primary N) is 1. The van der Waals surface area contributed by atoms with Crippen molar-refractivity contribution in [2.75, 3.05) is 12.0 Å². The molecule has 0 aliphatic heterocycles. The molecule has 0 aromatic carbocycles. The van der Waals surface area contributed by atoms with Crippen LogP contribution in [0.1, 0.15) is 19.7 Å². The maximum Gasteiger partial charge on any atom is 0.224 e. The number of aromatic nitrogens is 3. The van der Waals surface area contributed by atoms with Crippen LogP contribution in [0.3, 0.4) is 0 Å². The van der Waals surface area contributed by atoms with Gasteiger partial charge in [-0.1, -0.05) is 11.8 Å². The van der Waals surface area contributed by atoms with E-state index in [2.05, 4.69) is 15.0 Å². The predicted octanol–water partition coefficient (Wildman–Crippen LogP) is 1.10. The maximum atomic E-state index is 5.51. The van der Waals surface area contributed by atoms with Crippen LogP contribution in [-0.2, 0) is 11.3 Å². The molecule has 2 N–H and O–H groups in total. The lowest BCUT2D eigenvalue weighted by atomic mass is 10.5. The SMILES string of the molecule is CSc1nc(N)nc(COC(C)C)n1. The molecule has 0 fully saturated rings. The molecule has 0 atom stereocenters. The van der Waals surface area contributed by atoms with Gasteiger partial charge in [0.15, 0.2) is 11.0 Å². The van der Waals surface area contributed by atoms with Gasteiger partial charge >= 0.3 is 0 Å². The van der Waals surface area contributed by atoms with Crippen LogP contribution in [0.4, 0.5) is 5.95 Å². The molecule has 0 saturated heterocycles. The molecule has 6 heteroatoms. The van der Waals surface area contributed by atoms with Crippen LogP contribution < -0.4 is 5.73 Å². The molecule has 0 saturated carbocycles. The fourth-order valence-electron chi connectivity index (χ4n) is 0.813. The Morgan fingerprint density at radius 3 is 2.64 bits per heavy atom. The fraction of sp³-hybridized carbons (Fsp3) is 0.625. The highest BCUT2D eigenvalue weighted by Crippen LogP contribution is 2.09. The van der Waals surface area contributed by atoms with E-state index < -0.39 is 0 Å². The zero-order chi connectivity index (χ0) is 10.6. The van der Waals surface area contributed by atoms with Gasteiger partial charge in [-0.2, -0.15) is 9.97 Å². The van der Waals surface area contributed by atoms with Crippen molar-refractivity contribution in [1.82, 2.24) is 15.0 Å². The van der Waals surface area contributed by atoms with E-state index in [1.54, 1.807) is 0 Å². The van der Waals surface area contributed by atoms with Crippen molar-refractivity contribution in [3.05, 3.63) is 5.82 Å². The van der Waals surface area contributed by atoms with Crippen LogP contribution in [0, 0.1) is 0 Å². The van der Waals surface area contributed by atoms with Gasteiger partial charge in [0.2, 0.25) is 5.95 Å². The average Bonchev–Trinajstić information content (AvgIpc) is 2.14. The first-order chi connectivity index (χ1) is 6.61. The molecule has 0 aliphatic carbocycles. The highest BCUT2D eigenvalue weighted by atomic mass is 32.2. The minimum Gasteiger partial charge on any atom is -0.371 e. The number of nitrogens with zero attached hydrogens (tertiary/aromatic N) is 3. The Morgan fingerprint density at radius 2 is 2.07 bits per heavy atom. The lowest BCUT2D eigenvalue weighted by Crippen LogP contribution is -2.09. The van der Waals surface area contributed by atoms with Crippen molar-refractivity contribution in [1.29, 1.82) is 0 Å². The Morgan fingerprint density at radius 1 is 1.36 bits per heavy atom. The Kier molecular flexibility index (Phi) is 4.09. The number of nitrogen functional groups attached to an aromatic ring is 1. The summed E-state index contributed by atoms with van der Waals surface area (Å²) in [7, 11) is 0. The molecule has 1 aromatic rings. The van der Waals surface area contributed by atoms with E-state index in [9.17, 15) is 0 Å². The van der Waals surface area contributed by atoms with Crippen molar-refractivity contribution < 1.29 is 4.74 Å². The molecule has 0 unspecified atom stereocenters. The van der Waals surface area contributed by atoms with Crippen LogP contribution >= 0.6 is 11.8 Å². The molecule has 0 spiro atoms. The number of hydrogen-bond donors (Lipinski definition) is 1. The van der Waals surface area contributed by atoms with Crippen LogP contribution in [0.5, 0.6) is 0 Å². The number of thioether (sulfide) groups is 1. The van der Waals surface area contributed by atoms with Gasteiger partial charge in [0.25, 0.3) is 0 Å². The van der Waals surface area contributed by atoms with Crippen LogP contribution in [-0.4, -0.2) is 27.3 Å². The maximum absolute atomic E-state index is 5.51. The van der Waals surface area contributed by atoms with E-state index in [1.165, 1.54) is 11.8 Å². The first-order valence-corrected chi connectivity index (χ1v) is 5.50. The highest BCUT2D eigenvalue weighted by Gasteiger charge is 2.04. The van der Waals surface area contributed by atoms with Gasteiger partial charge in [0.05, 0.1) is 6.10 Å². The van der Waals surface area contributed by atoms with Gasteiger partial charge in [-0.05, 0) is 20.1 Å². The standard InChI is InChI=1S/C8H14N4OS/c1-5(2)13-4-6-10-7(9)12-8(11-6)14-3/h5H,4H2,1-3H3,(H2,9,10,11,12). The second-order valence-corrected chi connectivity index (χ2v) is 3.73. The zero-order valence-electron chi connectivity index (χ0n) is 8.52. The number of rotatable bonds is 4. The molecular formula is C8H14N4OS. The normalized spacial score (nSPS) is 10.9. The molecule has 5 nitrogen and oxygen atoms in total. The molecule has 0 amide bonds. The summed E-state index contributed by atoms with van der Waals surface area (Å²) in [5.74, 6) is 0.822. The Labute approximate surface area is 87.5 Å². The minimum absolute atomic E-state index is 0.158. The average molecular weight is 214 g/mol. The molecule has 0 aliphatic rings. The van der Waals surface area contributed by atoms with E-state index in [0.717, 1.165) is 0 Å². The number of anilines is 1. The Bertz CT molecular complexity index is 305. The predicted molar refractivity (Wildman–Crippen MR) is 55.9 cm³/mol. The lowest BCUT2D eigenvalue weighted by molar-refractivity contribution is 0.0608. The summed E-state index contributed by atoms with van der Waals surface area (Å²) in [5.41, 5.74) is 5.51. The van der Waals surface area contributed by atoms with Crippen molar-refractivity contribution in [3.63, 3.8) is 0 Å². The van der Waals surface area contributed by atoms with E-state index in [1.807, 2.05) is 20.1 Å². The molecule has 78 valence electrons. The second kappa shape index (κ2) is 5.11. The first-order valence-electron chi connectivity index (χ1n) is 4.28. The summed E-state index contributed by atoms with van der Waals surface area (Å²) in [6, 6.07) is 0. The van der Waals surface area contributed by atoms with Crippen molar-refractivity contribution in [2.24, 2.45) is 0 Å². The van der Waals surface area contributed by atoms with Crippen LogP contribution in [0.2, 0.25) is 0 Å². The molecule has 1 heterocycles. The quantitative estimate of drug-likeness (QED) is 0.756. The number of hydrogen-bond acceptors (Lipinski definition) is 6. The zero-order valence-corrected chi connectivity index (χ0v) is 9.34. The van der Waals surface area contributed by atoms with Crippen molar-refractivity contribution >= 4 is 17.7 Å². The number of ether oxygens (including phenoxy) is 1. The smallest absolute Gasteiger partial charge is 0.224 e. The van der Waals surface area contributed by atoms with Crippen LogP contribution in [0.25, 0.3) is 0 Å². The molecular weight excluding hydrogens is 200 g/mol. The van der Waals surface area contributed by atoms with E-state index in [-0.39, 0.29) is 12.1 Å². The molecule has 0 radical (unpaired) electrons. The van der Waals surface area contributed by atoms with Gasteiger partial charge in [-0.25, -0.2) is 4.98 Å². The fourth-order valence-corrected chi connectivity index (χ4v) is 1.19. The van der Waals surface area contributed by atoms with Gasteiger partial charge in [0, 0.05) is 0 Å². The molecule has 1 rings (SSSR count). The topological polar surface area (TPSA) is 73.9 Å². The van der Waals surface area contributed by atoms with Crippen molar-refractivity contribution in [3.8, 4) is 0 Å². The third-order valence-electron chi connectivity index (χ3n) is 1.41. The van der Waals surface area contributed by atoms with Gasteiger partial charge in [-0.3, -0.25) is 0 Å². The monoisotopic (exact) mass is 214 g/mol. The second-order valence-electron chi connectivity index (χ2n) is 2.96. The van der Waals surface area contributed by atoms with Gasteiger partial charge in [0.1, 0.15) is 6.61 Å². The summed E-state index contributed by atoms with van der Waals surface area (Å²) >= 11 is 1.43. The summed E-state index contributed by atoms with van der Waals surface area (Å²) in [6.45, 7) is 4.29. The lowest BCUT2D eigenvalue weighted by Gasteiger charge is -2.06. The summed E-state index contributed by atoms with van der Waals surface area (Å²) in [5, 5.41) is 0.625. The van der Waals surface area contributed by atoms with Gasteiger partial charge < -0.3 is 10.5 Å². The Balaban J connectivity index is 2.71. The first kappa shape index (κ1) is 11.2. The molecule has 1 aromatic heterocycles.